The number of hydrogen-bond donors (Lipinski definition) is 0. The smallest absolute Gasteiger partial charge is 0.383 e. The van der Waals surface area contributed by atoms with Gasteiger partial charge in [-0.05, 0) is 29.3 Å². The summed E-state index contributed by atoms with van der Waals surface area (Å²) >= 11 is 3.44. The summed E-state index contributed by atoms with van der Waals surface area (Å²) in [5.74, 6) is 0.0253. The standard InChI is InChI=1S/C28H22BrN3O4/c29-23-13-11-22(12-14-23)24-17-32(31-30-24)16-15-25-26(34-18-20-7-3-1-4-8-20)27(28(33)36-25)35-19-21-9-5-2-6-10-21/h1-15,17H,16,18-19H2/b25-15-. The molecule has 0 fully saturated rings. The van der Waals surface area contributed by atoms with Crippen LogP contribution in [0.5, 0.6) is 0 Å². The summed E-state index contributed by atoms with van der Waals surface area (Å²) in [6.45, 7) is 0.812. The van der Waals surface area contributed by atoms with E-state index in [1.54, 1.807) is 10.8 Å². The fraction of sp³-hybridized carbons (Fsp3) is 0.107. The van der Waals surface area contributed by atoms with Gasteiger partial charge in [-0.25, -0.2) is 9.48 Å². The first kappa shape index (κ1) is 23.6. The van der Waals surface area contributed by atoms with E-state index in [1.165, 1.54) is 0 Å². The van der Waals surface area contributed by atoms with Crippen molar-refractivity contribution >= 4 is 21.9 Å². The molecule has 1 aromatic heterocycles. The highest BCUT2D eigenvalue weighted by Crippen LogP contribution is 2.30. The van der Waals surface area contributed by atoms with Crippen LogP contribution in [-0.4, -0.2) is 21.0 Å². The Bertz CT molecular complexity index is 1400. The third-order valence-electron chi connectivity index (χ3n) is 5.41. The van der Waals surface area contributed by atoms with Crippen LogP contribution in [0.4, 0.5) is 0 Å². The van der Waals surface area contributed by atoms with Gasteiger partial charge < -0.3 is 14.2 Å². The molecule has 0 radical (unpaired) electrons. The van der Waals surface area contributed by atoms with Gasteiger partial charge in [0, 0.05) is 10.0 Å². The zero-order valence-corrected chi connectivity index (χ0v) is 20.8. The molecule has 0 saturated heterocycles. The summed E-state index contributed by atoms with van der Waals surface area (Å²) in [6.07, 6.45) is 3.56. The van der Waals surface area contributed by atoms with Crippen LogP contribution in [0.25, 0.3) is 11.3 Å². The van der Waals surface area contributed by atoms with Crippen molar-refractivity contribution in [1.29, 1.82) is 0 Å². The maximum Gasteiger partial charge on any atom is 0.383 e. The number of cyclic esters (lactones) is 1. The Kier molecular flexibility index (Phi) is 7.23. The molecule has 1 aliphatic rings. The summed E-state index contributed by atoms with van der Waals surface area (Å²) in [6, 6.07) is 27.1. The molecular formula is C28H22BrN3O4. The van der Waals surface area contributed by atoms with Gasteiger partial charge in [0.05, 0.1) is 12.7 Å². The minimum absolute atomic E-state index is 0.0511. The number of allylic oxidation sites excluding steroid dienone is 1. The van der Waals surface area contributed by atoms with E-state index in [-0.39, 0.29) is 24.7 Å². The molecule has 0 atom stereocenters. The zero-order valence-electron chi connectivity index (χ0n) is 19.2. The molecule has 0 bridgehead atoms. The van der Waals surface area contributed by atoms with Crippen LogP contribution < -0.4 is 0 Å². The molecule has 180 valence electrons. The van der Waals surface area contributed by atoms with E-state index in [4.69, 9.17) is 14.2 Å². The fourth-order valence-corrected chi connectivity index (χ4v) is 3.83. The first-order valence-corrected chi connectivity index (χ1v) is 12.1. The molecule has 5 rings (SSSR count). The normalized spacial score (nSPS) is 14.2. The van der Waals surface area contributed by atoms with E-state index in [0.717, 1.165) is 26.9 Å². The van der Waals surface area contributed by atoms with Gasteiger partial charge in [0.1, 0.15) is 18.9 Å². The van der Waals surface area contributed by atoms with Crippen LogP contribution in [0.1, 0.15) is 11.1 Å². The van der Waals surface area contributed by atoms with Crippen molar-refractivity contribution in [3.05, 3.63) is 130 Å². The lowest BCUT2D eigenvalue weighted by atomic mass is 10.2. The lowest BCUT2D eigenvalue weighted by Crippen LogP contribution is -2.04. The van der Waals surface area contributed by atoms with Crippen molar-refractivity contribution in [1.82, 2.24) is 15.0 Å². The number of benzene rings is 3. The number of ether oxygens (including phenoxy) is 3. The van der Waals surface area contributed by atoms with E-state index >= 15 is 0 Å². The van der Waals surface area contributed by atoms with Crippen molar-refractivity contribution in [2.24, 2.45) is 0 Å². The molecule has 0 N–H and O–H groups in total. The SMILES string of the molecule is O=C1O/C(=C\Cn2cc(-c3ccc(Br)cc3)nn2)C(OCc2ccccc2)=C1OCc1ccccc1. The molecule has 0 amide bonds. The van der Waals surface area contributed by atoms with E-state index < -0.39 is 5.97 Å². The minimum Gasteiger partial charge on any atom is -0.481 e. The molecule has 36 heavy (non-hydrogen) atoms. The number of aromatic nitrogens is 3. The number of esters is 1. The molecule has 0 saturated carbocycles. The third kappa shape index (κ3) is 5.72. The van der Waals surface area contributed by atoms with Crippen molar-refractivity contribution in [3.8, 4) is 11.3 Å². The maximum atomic E-state index is 12.7. The van der Waals surface area contributed by atoms with E-state index in [9.17, 15) is 4.79 Å². The predicted octanol–water partition coefficient (Wildman–Crippen LogP) is 5.79. The van der Waals surface area contributed by atoms with Crippen molar-refractivity contribution in [2.45, 2.75) is 19.8 Å². The lowest BCUT2D eigenvalue weighted by Gasteiger charge is -2.10. The van der Waals surface area contributed by atoms with Crippen LogP contribution in [0.2, 0.25) is 0 Å². The zero-order chi connectivity index (χ0) is 24.7. The van der Waals surface area contributed by atoms with Gasteiger partial charge in [0.15, 0.2) is 5.76 Å². The Balaban J connectivity index is 1.36. The van der Waals surface area contributed by atoms with Gasteiger partial charge in [0.25, 0.3) is 5.76 Å². The molecule has 8 heteroatoms. The highest BCUT2D eigenvalue weighted by molar-refractivity contribution is 9.10. The van der Waals surface area contributed by atoms with Crippen LogP contribution in [0, 0.1) is 0 Å². The van der Waals surface area contributed by atoms with Gasteiger partial charge >= 0.3 is 5.97 Å². The number of carbonyl (C=O) groups excluding carboxylic acids is 1. The topological polar surface area (TPSA) is 75.5 Å². The van der Waals surface area contributed by atoms with Gasteiger partial charge in [-0.3, -0.25) is 0 Å². The Hall–Kier alpha value is -4.17. The van der Waals surface area contributed by atoms with Crippen molar-refractivity contribution in [3.63, 3.8) is 0 Å². The average molecular weight is 544 g/mol. The van der Waals surface area contributed by atoms with Crippen molar-refractivity contribution < 1.29 is 19.0 Å². The first-order valence-electron chi connectivity index (χ1n) is 11.3. The van der Waals surface area contributed by atoms with E-state index in [1.807, 2.05) is 91.1 Å². The molecule has 3 aromatic carbocycles. The second-order valence-corrected chi connectivity index (χ2v) is 8.91. The molecule has 1 aliphatic heterocycles. The molecule has 0 spiro atoms. The Morgan fingerprint density at radius 1 is 0.833 bits per heavy atom. The van der Waals surface area contributed by atoms with Crippen LogP contribution in [-0.2, 0) is 38.8 Å². The first-order chi connectivity index (χ1) is 17.7. The number of carbonyl (C=O) groups is 1. The van der Waals surface area contributed by atoms with E-state index in [2.05, 4.69) is 26.2 Å². The van der Waals surface area contributed by atoms with Crippen molar-refractivity contribution in [2.75, 3.05) is 0 Å². The Morgan fingerprint density at radius 3 is 2.08 bits per heavy atom. The van der Waals surface area contributed by atoms with Gasteiger partial charge in [-0.2, -0.15) is 0 Å². The molecule has 0 aliphatic carbocycles. The van der Waals surface area contributed by atoms with Crippen LogP contribution in [0.3, 0.4) is 0 Å². The summed E-state index contributed by atoms with van der Waals surface area (Å²) in [5.41, 5.74) is 3.59. The summed E-state index contributed by atoms with van der Waals surface area (Å²) in [5, 5.41) is 8.43. The minimum atomic E-state index is -0.589. The molecular weight excluding hydrogens is 522 g/mol. The quantitative estimate of drug-likeness (QED) is 0.248. The molecule has 2 heterocycles. The van der Waals surface area contributed by atoms with Gasteiger partial charge in [0.2, 0.25) is 5.76 Å². The Morgan fingerprint density at radius 2 is 1.44 bits per heavy atom. The van der Waals surface area contributed by atoms with Gasteiger partial charge in [-0.15, -0.1) is 5.10 Å². The number of rotatable bonds is 9. The third-order valence-corrected chi connectivity index (χ3v) is 5.94. The predicted molar refractivity (Wildman–Crippen MR) is 137 cm³/mol. The number of halogens is 1. The second kappa shape index (κ2) is 11.0. The highest BCUT2D eigenvalue weighted by atomic mass is 79.9. The number of nitrogens with zero attached hydrogens (tertiary/aromatic N) is 3. The summed E-state index contributed by atoms with van der Waals surface area (Å²) < 4.78 is 20.1. The summed E-state index contributed by atoms with van der Waals surface area (Å²) in [7, 11) is 0. The summed E-state index contributed by atoms with van der Waals surface area (Å²) in [4.78, 5) is 12.7. The molecule has 4 aromatic rings. The van der Waals surface area contributed by atoms with Gasteiger partial charge in [-0.1, -0.05) is 93.9 Å². The second-order valence-electron chi connectivity index (χ2n) is 8.00. The lowest BCUT2D eigenvalue weighted by molar-refractivity contribution is -0.136. The van der Waals surface area contributed by atoms with E-state index in [0.29, 0.717) is 12.3 Å². The van der Waals surface area contributed by atoms with Crippen LogP contribution in [0.15, 0.2) is 119 Å². The number of hydrogen-bond acceptors (Lipinski definition) is 6. The monoisotopic (exact) mass is 543 g/mol. The Labute approximate surface area is 216 Å². The average Bonchev–Trinajstić information content (AvgIpc) is 3.50. The highest BCUT2D eigenvalue weighted by Gasteiger charge is 2.34. The van der Waals surface area contributed by atoms with Crippen LogP contribution >= 0.6 is 15.9 Å². The molecule has 7 nitrogen and oxygen atoms in total. The maximum absolute atomic E-state index is 12.7. The largest absolute Gasteiger partial charge is 0.481 e. The fourth-order valence-electron chi connectivity index (χ4n) is 3.57. The molecule has 0 unspecified atom stereocenters.